The number of halogens is 1. The molecule has 84 valence electrons. The minimum Gasteiger partial charge on any atom is -0.399 e. The molecule has 0 aliphatic rings. The molecule has 2 aromatic heterocycles. The molecule has 17 heavy (non-hydrogen) atoms. The molecule has 2 N–H and O–H groups in total. The number of anilines is 1. The summed E-state index contributed by atoms with van der Waals surface area (Å²) in [5.41, 5.74) is 7.74. The molecule has 1 aromatic carbocycles. The summed E-state index contributed by atoms with van der Waals surface area (Å²) in [7, 11) is 0. The van der Waals surface area contributed by atoms with Gasteiger partial charge in [-0.25, -0.2) is 0 Å². The van der Waals surface area contributed by atoms with Crippen molar-refractivity contribution in [1.29, 1.82) is 0 Å². The lowest BCUT2D eigenvalue weighted by molar-refractivity contribution is 1.11. The van der Waals surface area contributed by atoms with Crippen LogP contribution in [-0.4, -0.2) is 19.6 Å². The van der Waals surface area contributed by atoms with E-state index in [-0.39, 0.29) is 0 Å². The van der Waals surface area contributed by atoms with E-state index >= 15 is 0 Å². The molecule has 0 unspecified atom stereocenters. The number of hydrogen-bond acceptors (Lipinski definition) is 4. The van der Waals surface area contributed by atoms with Crippen LogP contribution in [0.4, 0.5) is 5.69 Å². The van der Waals surface area contributed by atoms with Crippen molar-refractivity contribution in [2.45, 2.75) is 0 Å². The summed E-state index contributed by atoms with van der Waals surface area (Å²) in [5.74, 6) is 0.674. The van der Waals surface area contributed by atoms with Gasteiger partial charge in [-0.05, 0) is 18.2 Å². The van der Waals surface area contributed by atoms with Gasteiger partial charge >= 0.3 is 0 Å². The number of nitrogens with zero attached hydrogens (tertiary/aromatic N) is 4. The Morgan fingerprint density at radius 1 is 1.24 bits per heavy atom. The van der Waals surface area contributed by atoms with Gasteiger partial charge in [0.25, 0.3) is 0 Å². The number of nitrogen functional groups attached to an aromatic ring is 1. The van der Waals surface area contributed by atoms with E-state index in [2.05, 4.69) is 15.2 Å². The maximum atomic E-state index is 6.14. The Balaban J connectivity index is 2.27. The highest BCUT2D eigenvalue weighted by Gasteiger charge is 2.11. The second kappa shape index (κ2) is 3.71. The number of hydrogen-bond donors (Lipinski definition) is 1. The number of rotatable bonds is 1. The van der Waals surface area contributed by atoms with Crippen molar-refractivity contribution in [1.82, 2.24) is 19.6 Å². The fourth-order valence-corrected chi connectivity index (χ4v) is 1.92. The molecule has 3 rings (SSSR count). The summed E-state index contributed by atoms with van der Waals surface area (Å²) in [6.45, 7) is 0. The topological polar surface area (TPSA) is 69.1 Å². The highest BCUT2D eigenvalue weighted by Crippen LogP contribution is 2.28. The van der Waals surface area contributed by atoms with E-state index in [4.69, 9.17) is 17.3 Å². The van der Waals surface area contributed by atoms with Gasteiger partial charge in [-0.1, -0.05) is 11.6 Å². The van der Waals surface area contributed by atoms with E-state index in [9.17, 15) is 0 Å². The predicted molar refractivity (Wildman–Crippen MR) is 65.6 cm³/mol. The molecule has 0 spiro atoms. The van der Waals surface area contributed by atoms with E-state index in [1.165, 1.54) is 0 Å². The molecule has 0 radical (unpaired) electrons. The van der Waals surface area contributed by atoms with Gasteiger partial charge in [0.2, 0.25) is 0 Å². The Morgan fingerprint density at radius 3 is 2.94 bits per heavy atom. The Bertz CT molecular complexity index is 691. The summed E-state index contributed by atoms with van der Waals surface area (Å²) >= 11 is 6.14. The summed E-state index contributed by atoms with van der Waals surface area (Å²) in [6, 6.07) is 5.30. The van der Waals surface area contributed by atoms with Gasteiger partial charge in [-0.15, -0.1) is 10.2 Å². The molecule has 0 atom stereocenters. The third-order valence-electron chi connectivity index (χ3n) is 2.45. The minimum absolute atomic E-state index is 0.552. The standard InChI is InChI=1S/C11H8ClN5/c12-9-5-7(13)1-2-8(9)11-16-15-10-6-14-3-4-17(10)11/h1-6H,13H2. The third kappa shape index (κ3) is 1.60. The monoisotopic (exact) mass is 245 g/mol. The highest BCUT2D eigenvalue weighted by molar-refractivity contribution is 6.33. The molecule has 0 saturated carbocycles. The van der Waals surface area contributed by atoms with Gasteiger partial charge in [-0.2, -0.15) is 0 Å². The van der Waals surface area contributed by atoms with Crippen LogP contribution in [0, 0.1) is 0 Å². The van der Waals surface area contributed by atoms with Crippen molar-refractivity contribution in [2.75, 3.05) is 5.73 Å². The largest absolute Gasteiger partial charge is 0.399 e. The van der Waals surface area contributed by atoms with Gasteiger partial charge in [0.15, 0.2) is 11.5 Å². The van der Waals surface area contributed by atoms with Crippen LogP contribution in [-0.2, 0) is 0 Å². The molecule has 0 aliphatic carbocycles. The van der Waals surface area contributed by atoms with Gasteiger partial charge in [0.05, 0.1) is 11.2 Å². The average Bonchev–Trinajstić information content (AvgIpc) is 2.73. The molecule has 2 heterocycles. The van der Waals surface area contributed by atoms with Crippen LogP contribution < -0.4 is 5.73 Å². The lowest BCUT2D eigenvalue weighted by Crippen LogP contribution is -1.91. The van der Waals surface area contributed by atoms with Crippen molar-refractivity contribution in [3.05, 3.63) is 41.8 Å². The first-order valence-corrected chi connectivity index (χ1v) is 5.33. The average molecular weight is 246 g/mol. The Morgan fingerprint density at radius 2 is 2.12 bits per heavy atom. The third-order valence-corrected chi connectivity index (χ3v) is 2.76. The molecule has 0 aliphatic heterocycles. The van der Waals surface area contributed by atoms with Crippen molar-refractivity contribution < 1.29 is 0 Å². The second-order valence-electron chi connectivity index (χ2n) is 3.57. The second-order valence-corrected chi connectivity index (χ2v) is 3.97. The first-order valence-electron chi connectivity index (χ1n) is 4.96. The SMILES string of the molecule is Nc1ccc(-c2nnc3cnccn23)c(Cl)c1. The zero-order valence-corrected chi connectivity index (χ0v) is 9.46. The van der Waals surface area contributed by atoms with Gasteiger partial charge < -0.3 is 5.73 Å². The molecule has 3 aromatic rings. The van der Waals surface area contributed by atoms with Crippen LogP contribution in [0.3, 0.4) is 0 Å². The summed E-state index contributed by atoms with van der Waals surface area (Å²) < 4.78 is 1.82. The quantitative estimate of drug-likeness (QED) is 0.666. The van der Waals surface area contributed by atoms with Crippen LogP contribution in [0.15, 0.2) is 36.8 Å². The van der Waals surface area contributed by atoms with Crippen LogP contribution in [0.25, 0.3) is 17.0 Å². The zero-order chi connectivity index (χ0) is 11.8. The van der Waals surface area contributed by atoms with Gasteiger partial charge in [0.1, 0.15) is 0 Å². The van der Waals surface area contributed by atoms with E-state index in [0.29, 0.717) is 22.2 Å². The molecular weight excluding hydrogens is 238 g/mol. The van der Waals surface area contributed by atoms with Gasteiger partial charge in [0, 0.05) is 23.6 Å². The number of aromatic nitrogens is 4. The Hall–Kier alpha value is -2.14. The molecule has 0 amide bonds. The van der Waals surface area contributed by atoms with E-state index in [1.54, 1.807) is 30.7 Å². The fourth-order valence-electron chi connectivity index (χ4n) is 1.65. The van der Waals surface area contributed by atoms with E-state index in [0.717, 1.165) is 5.56 Å². The van der Waals surface area contributed by atoms with E-state index in [1.807, 2.05) is 10.5 Å². The smallest absolute Gasteiger partial charge is 0.179 e. The summed E-state index contributed by atoms with van der Waals surface area (Å²) in [6.07, 6.45) is 5.10. The fraction of sp³-hybridized carbons (Fsp3) is 0. The molecule has 0 fully saturated rings. The normalized spacial score (nSPS) is 10.9. The Kier molecular flexibility index (Phi) is 2.19. The lowest BCUT2D eigenvalue weighted by Gasteiger charge is -2.03. The maximum Gasteiger partial charge on any atom is 0.179 e. The first kappa shape index (κ1) is 10.0. The minimum atomic E-state index is 0.552. The molecule has 6 heteroatoms. The first-order chi connectivity index (χ1) is 8.25. The van der Waals surface area contributed by atoms with Crippen LogP contribution in [0.5, 0.6) is 0 Å². The molecular formula is C11H8ClN5. The Labute approximate surface area is 102 Å². The molecule has 5 nitrogen and oxygen atoms in total. The van der Waals surface area contributed by atoms with Crippen molar-refractivity contribution in [3.8, 4) is 11.4 Å². The number of nitrogens with two attached hydrogens (primary N) is 1. The van der Waals surface area contributed by atoms with Crippen LogP contribution >= 0.6 is 11.6 Å². The highest BCUT2D eigenvalue weighted by atomic mass is 35.5. The summed E-state index contributed by atoms with van der Waals surface area (Å²) in [5, 5.41) is 8.67. The molecule has 0 bridgehead atoms. The lowest BCUT2D eigenvalue weighted by atomic mass is 10.2. The number of benzene rings is 1. The van der Waals surface area contributed by atoms with E-state index < -0.39 is 0 Å². The van der Waals surface area contributed by atoms with Gasteiger partial charge in [-0.3, -0.25) is 9.38 Å². The van der Waals surface area contributed by atoms with Crippen molar-refractivity contribution >= 4 is 22.9 Å². The van der Waals surface area contributed by atoms with Crippen molar-refractivity contribution in [3.63, 3.8) is 0 Å². The van der Waals surface area contributed by atoms with Crippen LogP contribution in [0.2, 0.25) is 5.02 Å². The zero-order valence-electron chi connectivity index (χ0n) is 8.71. The maximum absolute atomic E-state index is 6.14. The predicted octanol–water partition coefficient (Wildman–Crippen LogP) is 2.03. The summed E-state index contributed by atoms with van der Waals surface area (Å²) in [4.78, 5) is 3.98. The molecule has 0 saturated heterocycles. The van der Waals surface area contributed by atoms with Crippen molar-refractivity contribution in [2.24, 2.45) is 0 Å². The van der Waals surface area contributed by atoms with Crippen LogP contribution in [0.1, 0.15) is 0 Å². The number of fused-ring (bicyclic) bond motifs is 1.